The Labute approximate surface area is 118 Å². The second-order valence-corrected chi connectivity index (χ2v) is 4.70. The van der Waals surface area contributed by atoms with Crippen molar-refractivity contribution in [2.24, 2.45) is 0 Å². The topological polar surface area (TPSA) is 38.1 Å². The highest BCUT2D eigenvalue weighted by Gasteiger charge is 2.05. The van der Waals surface area contributed by atoms with Crippen LogP contribution in [0.2, 0.25) is 0 Å². The van der Waals surface area contributed by atoms with Crippen LogP contribution in [-0.4, -0.2) is 4.98 Å². The van der Waals surface area contributed by atoms with Crippen molar-refractivity contribution in [1.29, 1.82) is 0 Å². The highest BCUT2D eigenvalue weighted by Crippen LogP contribution is 2.20. The molecule has 0 saturated carbocycles. The molecule has 0 saturated heterocycles. The first kappa shape index (κ1) is 12.5. The van der Waals surface area contributed by atoms with Gasteiger partial charge in [0.25, 0.3) is 0 Å². The van der Waals surface area contributed by atoms with Crippen molar-refractivity contribution in [3.8, 4) is 11.3 Å². The van der Waals surface area contributed by atoms with Crippen molar-refractivity contribution < 1.29 is 4.42 Å². The van der Waals surface area contributed by atoms with E-state index in [0.29, 0.717) is 12.4 Å². The van der Waals surface area contributed by atoms with E-state index >= 15 is 0 Å². The number of hydrogen-bond acceptors (Lipinski definition) is 3. The van der Waals surface area contributed by atoms with Gasteiger partial charge < -0.3 is 9.73 Å². The van der Waals surface area contributed by atoms with E-state index in [2.05, 4.69) is 41.5 Å². The van der Waals surface area contributed by atoms with E-state index in [9.17, 15) is 0 Å². The normalized spacial score (nSPS) is 10.4. The summed E-state index contributed by atoms with van der Waals surface area (Å²) in [5.74, 6) is 1.48. The number of benzene rings is 2. The molecule has 1 N–H and O–H groups in total. The fraction of sp³-hybridized carbons (Fsp3) is 0.118. The van der Waals surface area contributed by atoms with Gasteiger partial charge in [0.15, 0.2) is 5.76 Å². The van der Waals surface area contributed by atoms with Gasteiger partial charge in [-0.05, 0) is 19.1 Å². The van der Waals surface area contributed by atoms with Crippen LogP contribution in [0.5, 0.6) is 0 Å². The Hall–Kier alpha value is -2.55. The number of nitrogens with one attached hydrogen (secondary N) is 1. The lowest BCUT2D eigenvalue weighted by atomic mass is 10.2. The van der Waals surface area contributed by atoms with E-state index in [0.717, 1.165) is 17.0 Å². The van der Waals surface area contributed by atoms with Crippen molar-refractivity contribution in [3.63, 3.8) is 0 Å². The van der Waals surface area contributed by atoms with Gasteiger partial charge in [-0.3, -0.25) is 0 Å². The maximum atomic E-state index is 5.74. The van der Waals surface area contributed by atoms with Crippen molar-refractivity contribution >= 4 is 5.69 Å². The highest BCUT2D eigenvalue weighted by molar-refractivity contribution is 5.55. The number of anilines is 1. The zero-order valence-corrected chi connectivity index (χ0v) is 11.3. The largest absolute Gasteiger partial charge is 0.439 e. The summed E-state index contributed by atoms with van der Waals surface area (Å²) in [6.07, 6.45) is 1.77. The van der Waals surface area contributed by atoms with Crippen molar-refractivity contribution in [2.75, 3.05) is 5.32 Å². The fourth-order valence-corrected chi connectivity index (χ4v) is 1.98. The molecule has 0 unspecified atom stereocenters. The van der Waals surface area contributed by atoms with Gasteiger partial charge >= 0.3 is 0 Å². The average Bonchev–Trinajstić information content (AvgIpc) is 2.97. The molecule has 0 fully saturated rings. The van der Waals surface area contributed by atoms with Crippen LogP contribution >= 0.6 is 0 Å². The predicted molar refractivity (Wildman–Crippen MR) is 80.4 cm³/mol. The Morgan fingerprint density at radius 1 is 1.00 bits per heavy atom. The minimum atomic E-state index is 0.579. The number of aryl methyl sites for hydroxylation is 1. The van der Waals surface area contributed by atoms with Gasteiger partial charge in [-0.15, -0.1) is 0 Å². The first-order valence-corrected chi connectivity index (χ1v) is 6.62. The van der Waals surface area contributed by atoms with E-state index < -0.39 is 0 Å². The molecule has 0 bridgehead atoms. The number of aromatic nitrogens is 1. The van der Waals surface area contributed by atoms with Crippen LogP contribution in [0.1, 0.15) is 11.5 Å². The first-order chi connectivity index (χ1) is 9.81. The Balaban J connectivity index is 1.67. The van der Waals surface area contributed by atoms with Crippen LogP contribution in [0.3, 0.4) is 0 Å². The van der Waals surface area contributed by atoms with E-state index in [1.54, 1.807) is 6.20 Å². The molecule has 0 aliphatic heterocycles. The van der Waals surface area contributed by atoms with E-state index in [1.165, 1.54) is 5.56 Å². The molecule has 2 aromatic carbocycles. The van der Waals surface area contributed by atoms with Crippen molar-refractivity contribution in [3.05, 3.63) is 72.2 Å². The number of oxazole rings is 1. The molecule has 0 aliphatic rings. The van der Waals surface area contributed by atoms with Crippen LogP contribution in [-0.2, 0) is 6.54 Å². The van der Waals surface area contributed by atoms with Gasteiger partial charge in [-0.1, -0.05) is 48.0 Å². The summed E-state index contributed by atoms with van der Waals surface area (Å²) in [7, 11) is 0. The highest BCUT2D eigenvalue weighted by atomic mass is 16.4. The van der Waals surface area contributed by atoms with Crippen LogP contribution in [0, 0.1) is 6.92 Å². The van der Waals surface area contributed by atoms with Crippen LogP contribution < -0.4 is 5.32 Å². The predicted octanol–water partition coefficient (Wildman–Crippen LogP) is 4.26. The maximum Gasteiger partial charge on any atom is 0.214 e. The molecular formula is C17H16N2O. The Kier molecular flexibility index (Phi) is 3.50. The minimum absolute atomic E-state index is 0.579. The van der Waals surface area contributed by atoms with Crippen LogP contribution in [0.4, 0.5) is 5.69 Å². The lowest BCUT2D eigenvalue weighted by Gasteiger charge is -2.03. The van der Waals surface area contributed by atoms with Crippen LogP contribution in [0.25, 0.3) is 11.3 Å². The monoisotopic (exact) mass is 264 g/mol. The van der Waals surface area contributed by atoms with Gasteiger partial charge in [0, 0.05) is 11.3 Å². The third kappa shape index (κ3) is 2.88. The molecule has 100 valence electrons. The average molecular weight is 264 g/mol. The zero-order valence-electron chi connectivity index (χ0n) is 11.3. The Bertz CT molecular complexity index is 672. The molecule has 3 heteroatoms. The Morgan fingerprint density at radius 3 is 2.50 bits per heavy atom. The van der Waals surface area contributed by atoms with Crippen molar-refractivity contribution in [1.82, 2.24) is 4.98 Å². The molecule has 3 nitrogen and oxygen atoms in total. The molecular weight excluding hydrogens is 248 g/mol. The second-order valence-electron chi connectivity index (χ2n) is 4.70. The van der Waals surface area contributed by atoms with Crippen LogP contribution in [0.15, 0.2) is 65.2 Å². The molecule has 3 aromatic rings. The van der Waals surface area contributed by atoms with E-state index in [4.69, 9.17) is 4.42 Å². The molecule has 3 rings (SSSR count). The summed E-state index contributed by atoms with van der Waals surface area (Å²) >= 11 is 0. The molecule has 1 heterocycles. The third-order valence-corrected chi connectivity index (χ3v) is 3.11. The zero-order chi connectivity index (χ0) is 13.8. The summed E-state index contributed by atoms with van der Waals surface area (Å²) in [4.78, 5) is 4.30. The lowest BCUT2D eigenvalue weighted by molar-refractivity contribution is 0.516. The van der Waals surface area contributed by atoms with Gasteiger partial charge in [-0.2, -0.15) is 0 Å². The minimum Gasteiger partial charge on any atom is -0.439 e. The molecule has 1 aromatic heterocycles. The van der Waals surface area contributed by atoms with E-state index in [1.807, 2.05) is 30.3 Å². The fourth-order valence-electron chi connectivity index (χ4n) is 1.98. The summed E-state index contributed by atoms with van der Waals surface area (Å²) in [6, 6.07) is 18.2. The summed E-state index contributed by atoms with van der Waals surface area (Å²) in [6.45, 7) is 2.65. The lowest BCUT2D eigenvalue weighted by Crippen LogP contribution is -1.99. The molecule has 0 radical (unpaired) electrons. The summed E-state index contributed by atoms with van der Waals surface area (Å²) in [5, 5.41) is 3.30. The second kappa shape index (κ2) is 5.61. The smallest absolute Gasteiger partial charge is 0.214 e. The Morgan fingerprint density at radius 2 is 1.75 bits per heavy atom. The number of hydrogen-bond donors (Lipinski definition) is 1. The molecule has 20 heavy (non-hydrogen) atoms. The maximum absolute atomic E-state index is 5.74. The quantitative estimate of drug-likeness (QED) is 0.765. The number of nitrogens with zero attached hydrogens (tertiary/aromatic N) is 1. The number of rotatable bonds is 4. The van der Waals surface area contributed by atoms with E-state index in [-0.39, 0.29) is 0 Å². The first-order valence-electron chi connectivity index (χ1n) is 6.62. The third-order valence-electron chi connectivity index (χ3n) is 3.11. The van der Waals surface area contributed by atoms with Gasteiger partial charge in [0.1, 0.15) is 0 Å². The van der Waals surface area contributed by atoms with Gasteiger partial charge in [-0.25, -0.2) is 4.98 Å². The SMILES string of the molecule is Cc1ccc(NCc2ncc(-c3ccccc3)o2)cc1. The summed E-state index contributed by atoms with van der Waals surface area (Å²) < 4.78 is 5.74. The molecule has 0 atom stereocenters. The van der Waals surface area contributed by atoms with Gasteiger partial charge in [0.05, 0.1) is 12.7 Å². The van der Waals surface area contributed by atoms with Crippen molar-refractivity contribution in [2.45, 2.75) is 13.5 Å². The summed E-state index contributed by atoms with van der Waals surface area (Å²) in [5.41, 5.74) is 3.36. The molecule has 0 aliphatic carbocycles. The standard InChI is InChI=1S/C17H16N2O/c1-13-7-9-15(10-8-13)18-12-17-19-11-16(20-17)14-5-3-2-4-6-14/h2-11,18H,12H2,1H3. The molecule has 0 amide bonds. The molecule has 0 spiro atoms. The van der Waals surface area contributed by atoms with Gasteiger partial charge in [0.2, 0.25) is 5.89 Å².